The molecule has 0 radical (unpaired) electrons. The molecule has 0 saturated carbocycles. The summed E-state index contributed by atoms with van der Waals surface area (Å²) in [7, 11) is 0. The Balaban J connectivity index is 5.93. The van der Waals surface area contributed by atoms with Gasteiger partial charge in [0.05, 0.1) is 0 Å². The molecular weight excluding hydrogens is 368 g/mol. The summed E-state index contributed by atoms with van der Waals surface area (Å²) < 4.78 is 152. The molecule has 23 heavy (non-hydrogen) atoms. The van der Waals surface area contributed by atoms with Crippen molar-refractivity contribution in [2.75, 3.05) is 0 Å². The van der Waals surface area contributed by atoms with E-state index in [0.717, 1.165) is 0 Å². The molecule has 0 aliphatic carbocycles. The van der Waals surface area contributed by atoms with Gasteiger partial charge in [0, 0.05) is 6.08 Å². The first kappa shape index (κ1) is 21.4. The van der Waals surface area contributed by atoms with Gasteiger partial charge in [-0.2, -0.15) is 52.7 Å². The van der Waals surface area contributed by atoms with E-state index in [1.807, 2.05) is 0 Å². The first-order valence-corrected chi connectivity index (χ1v) is 4.93. The molecule has 0 saturated heterocycles. The summed E-state index contributed by atoms with van der Waals surface area (Å²) in [5.41, 5.74) is 0. The van der Waals surface area contributed by atoms with Gasteiger partial charge < -0.3 is 4.74 Å². The molecule has 2 nitrogen and oxygen atoms in total. The maximum Gasteiger partial charge on any atom is 0.460 e. The molecule has 1 atom stereocenters. The fourth-order valence-electron chi connectivity index (χ4n) is 0.951. The van der Waals surface area contributed by atoms with E-state index in [0.29, 0.717) is 0 Å². The van der Waals surface area contributed by atoms with Crippen LogP contribution in [0.15, 0.2) is 12.7 Å². The molecule has 1 unspecified atom stereocenters. The number of carbonyl (C=O) groups excluding carboxylic acids is 1. The first-order chi connectivity index (χ1) is 9.88. The second-order valence-electron chi connectivity index (χ2n) is 3.80. The third-order valence-electron chi connectivity index (χ3n) is 2.23. The summed E-state index contributed by atoms with van der Waals surface area (Å²) >= 11 is 0. The molecule has 0 rings (SSSR count). The normalized spacial score (nSPS) is 16.0. The van der Waals surface area contributed by atoms with E-state index >= 15 is 0 Å². The van der Waals surface area contributed by atoms with Crippen LogP contribution in [0.1, 0.15) is 0 Å². The van der Waals surface area contributed by atoms with Crippen molar-refractivity contribution >= 4 is 5.97 Å². The van der Waals surface area contributed by atoms with Gasteiger partial charge in [-0.25, -0.2) is 4.79 Å². The minimum absolute atomic E-state index is 0.0940. The number of halogens is 12. The minimum atomic E-state index is -7.77. The Morgan fingerprint density at radius 3 is 1.52 bits per heavy atom. The third kappa shape index (κ3) is 3.20. The van der Waals surface area contributed by atoms with Crippen LogP contribution in [-0.4, -0.2) is 42.2 Å². The van der Waals surface area contributed by atoms with E-state index in [9.17, 15) is 57.5 Å². The van der Waals surface area contributed by atoms with Gasteiger partial charge in [0.1, 0.15) is 0 Å². The monoisotopic (exact) mass is 372 g/mol. The SMILES string of the molecule is C=CC(=O)OC(F)C(F)(F)C(F)(F)C(F)(F)C(F)(F)C(F)(F)F. The van der Waals surface area contributed by atoms with Gasteiger partial charge in [-0.05, 0) is 0 Å². The molecule has 0 amide bonds. The van der Waals surface area contributed by atoms with Gasteiger partial charge in [0.15, 0.2) is 0 Å². The quantitative estimate of drug-likeness (QED) is 0.399. The van der Waals surface area contributed by atoms with Crippen LogP contribution in [-0.2, 0) is 9.53 Å². The van der Waals surface area contributed by atoms with Crippen LogP contribution in [0.25, 0.3) is 0 Å². The Hall–Kier alpha value is -1.63. The van der Waals surface area contributed by atoms with Gasteiger partial charge in [0.2, 0.25) is 0 Å². The molecule has 0 aromatic carbocycles. The number of rotatable bonds is 6. The predicted molar refractivity (Wildman–Crippen MR) is 47.0 cm³/mol. The van der Waals surface area contributed by atoms with Crippen LogP contribution in [0.2, 0.25) is 0 Å². The van der Waals surface area contributed by atoms with Crippen molar-refractivity contribution in [3.05, 3.63) is 12.7 Å². The molecule has 0 aliphatic heterocycles. The van der Waals surface area contributed by atoms with E-state index in [1.165, 1.54) is 0 Å². The number of hydrogen-bond acceptors (Lipinski definition) is 2. The highest BCUT2D eigenvalue weighted by molar-refractivity contribution is 5.81. The van der Waals surface area contributed by atoms with Crippen molar-refractivity contribution in [2.24, 2.45) is 0 Å². The summed E-state index contributed by atoms with van der Waals surface area (Å²) in [5.74, 6) is -32.1. The number of carbonyl (C=O) groups is 1. The molecule has 136 valence electrons. The van der Waals surface area contributed by atoms with E-state index in [-0.39, 0.29) is 6.08 Å². The maximum atomic E-state index is 12.9. The summed E-state index contributed by atoms with van der Waals surface area (Å²) in [5, 5.41) is 0. The summed E-state index contributed by atoms with van der Waals surface area (Å²) in [6, 6.07) is 0. The van der Waals surface area contributed by atoms with Gasteiger partial charge in [-0.1, -0.05) is 6.58 Å². The Bertz CT molecular complexity index is 466. The molecule has 0 fully saturated rings. The van der Waals surface area contributed by atoms with Gasteiger partial charge in [0.25, 0.3) is 0 Å². The first-order valence-electron chi connectivity index (χ1n) is 4.93. The van der Waals surface area contributed by atoms with Crippen molar-refractivity contribution in [3.8, 4) is 0 Å². The molecular formula is C9H4F12O2. The maximum absolute atomic E-state index is 12.9. The van der Waals surface area contributed by atoms with Crippen molar-refractivity contribution in [2.45, 2.75) is 36.2 Å². The molecule has 14 heteroatoms. The van der Waals surface area contributed by atoms with Crippen LogP contribution in [0.4, 0.5) is 52.7 Å². The van der Waals surface area contributed by atoms with E-state index < -0.39 is 42.2 Å². The van der Waals surface area contributed by atoms with Crippen molar-refractivity contribution < 1.29 is 62.2 Å². The highest BCUT2D eigenvalue weighted by Gasteiger charge is 2.88. The molecule has 0 N–H and O–H groups in total. The van der Waals surface area contributed by atoms with Crippen molar-refractivity contribution in [1.29, 1.82) is 0 Å². The topological polar surface area (TPSA) is 26.3 Å². The molecule has 0 aromatic rings. The van der Waals surface area contributed by atoms with Crippen LogP contribution in [0.5, 0.6) is 0 Å². The highest BCUT2D eigenvalue weighted by Crippen LogP contribution is 2.58. The lowest BCUT2D eigenvalue weighted by atomic mass is 9.98. The number of ether oxygens (including phenoxy) is 1. The number of alkyl halides is 12. The van der Waals surface area contributed by atoms with Crippen molar-refractivity contribution in [1.82, 2.24) is 0 Å². The van der Waals surface area contributed by atoms with Crippen LogP contribution in [0, 0.1) is 0 Å². The fourth-order valence-corrected chi connectivity index (χ4v) is 0.951. The lowest BCUT2D eigenvalue weighted by Gasteiger charge is -2.37. The Morgan fingerprint density at radius 2 is 1.22 bits per heavy atom. The molecule has 0 aromatic heterocycles. The summed E-state index contributed by atoms with van der Waals surface area (Å²) in [6.07, 6.45) is -12.4. The van der Waals surface area contributed by atoms with Crippen LogP contribution >= 0.6 is 0 Å². The van der Waals surface area contributed by atoms with Gasteiger partial charge in [-0.3, -0.25) is 0 Å². The largest absolute Gasteiger partial charge is 0.460 e. The van der Waals surface area contributed by atoms with E-state index in [4.69, 9.17) is 0 Å². The smallest absolute Gasteiger partial charge is 0.421 e. The van der Waals surface area contributed by atoms with E-state index in [2.05, 4.69) is 11.3 Å². The number of hydrogen-bond donors (Lipinski definition) is 0. The van der Waals surface area contributed by atoms with E-state index in [1.54, 1.807) is 0 Å². The average molecular weight is 372 g/mol. The zero-order valence-corrected chi connectivity index (χ0v) is 10.2. The zero-order chi connectivity index (χ0) is 19.1. The second kappa shape index (κ2) is 5.78. The molecule has 0 bridgehead atoms. The molecule has 0 spiro atoms. The second-order valence-corrected chi connectivity index (χ2v) is 3.80. The Labute approximate surface area is 118 Å². The van der Waals surface area contributed by atoms with Crippen LogP contribution < -0.4 is 0 Å². The zero-order valence-electron chi connectivity index (χ0n) is 10.2. The minimum Gasteiger partial charge on any atom is -0.421 e. The highest BCUT2D eigenvalue weighted by atomic mass is 19.4. The molecule has 0 heterocycles. The predicted octanol–water partition coefficient (Wildman–Crippen LogP) is 4.11. The summed E-state index contributed by atoms with van der Waals surface area (Å²) in [4.78, 5) is 10.3. The number of esters is 1. The summed E-state index contributed by atoms with van der Waals surface area (Å²) in [6.45, 7) is 2.49. The van der Waals surface area contributed by atoms with Crippen molar-refractivity contribution in [3.63, 3.8) is 0 Å². The molecule has 0 aliphatic rings. The van der Waals surface area contributed by atoms with Gasteiger partial charge in [-0.15, -0.1) is 0 Å². The Kier molecular flexibility index (Phi) is 5.37. The Morgan fingerprint density at radius 1 is 0.826 bits per heavy atom. The standard InChI is InChI=1S/C9H4F12O2/c1-2-3(22)23-4(10)5(11,12)6(13,14)7(15,16)8(17,18)9(19,20)21/h2,4H,1H2. The van der Waals surface area contributed by atoms with Gasteiger partial charge >= 0.3 is 42.2 Å². The lowest BCUT2D eigenvalue weighted by Crippen LogP contribution is -2.68. The fraction of sp³-hybridized carbons (Fsp3) is 0.667. The lowest BCUT2D eigenvalue weighted by molar-refractivity contribution is -0.433. The average Bonchev–Trinajstić information content (AvgIpc) is 2.36. The third-order valence-corrected chi connectivity index (χ3v) is 2.23. The van der Waals surface area contributed by atoms with Crippen LogP contribution in [0.3, 0.4) is 0 Å².